The van der Waals surface area contributed by atoms with Gasteiger partial charge in [-0.1, -0.05) is 53.5 Å². The van der Waals surface area contributed by atoms with Crippen molar-refractivity contribution in [3.63, 3.8) is 0 Å². The van der Waals surface area contributed by atoms with Crippen molar-refractivity contribution in [2.75, 3.05) is 39.3 Å². The lowest BCUT2D eigenvalue weighted by atomic mass is 10.0. The van der Waals surface area contributed by atoms with Gasteiger partial charge in [-0.2, -0.15) is 26.3 Å². The minimum atomic E-state index is -5.12. The Kier molecular flexibility index (Phi) is 11.6. The summed E-state index contributed by atoms with van der Waals surface area (Å²) in [5.41, 5.74) is -2.02. The minimum Gasteiger partial charge on any atom is -0.350 e. The van der Waals surface area contributed by atoms with E-state index in [9.17, 15) is 40.7 Å². The third kappa shape index (κ3) is 10.2. The number of benzene rings is 3. The quantitative estimate of drug-likeness (QED) is 0.183. The fourth-order valence-electron chi connectivity index (χ4n) is 5.02. The predicted octanol–water partition coefficient (Wildman–Crippen LogP) is 6.64. The van der Waals surface area contributed by atoms with E-state index in [1.165, 1.54) is 25.1 Å². The number of nitrogens with zero attached hydrogens (tertiary/aromatic N) is 2. The summed E-state index contributed by atoms with van der Waals surface area (Å²) in [7, 11) is 0. The Hall–Kier alpha value is -3.65. The molecule has 2 amide bonds. The van der Waals surface area contributed by atoms with Gasteiger partial charge in [0, 0.05) is 50.4 Å². The Balaban J connectivity index is 1.40. The molecule has 1 fully saturated rings. The van der Waals surface area contributed by atoms with Gasteiger partial charge < -0.3 is 10.6 Å². The number of nitrogens with one attached hydrogen (secondary N) is 2. The second kappa shape index (κ2) is 15.1. The van der Waals surface area contributed by atoms with E-state index in [1.807, 2.05) is 17.0 Å². The highest BCUT2D eigenvalue weighted by Crippen LogP contribution is 2.36. The molecule has 0 aromatic heterocycles. The highest BCUT2D eigenvalue weighted by atomic mass is 35.5. The van der Waals surface area contributed by atoms with Gasteiger partial charge in [0.1, 0.15) is 0 Å². The van der Waals surface area contributed by atoms with E-state index < -0.39 is 46.9 Å². The number of alkyl halides is 6. The standard InChI is InChI=1S/C32H30Cl2F6N4O3/c1-19(45)21-4-2-20(3-5-21)17-43-8-10-44(11-9-43)18-29(46)42-28(22-6-7-26(33)27(34)14-22)16-41-30(47)23-12-24(31(35,36)37)15-25(13-23)32(38,39)40/h2-7,12-15,28H,8-11,16-18H2,1H3,(H,41,47)(H,42,46). The van der Waals surface area contributed by atoms with E-state index in [-0.39, 0.29) is 35.0 Å². The monoisotopic (exact) mass is 702 g/mol. The number of hydrogen-bond acceptors (Lipinski definition) is 5. The van der Waals surface area contributed by atoms with Crippen molar-refractivity contribution in [2.45, 2.75) is 31.9 Å². The molecule has 2 N–H and O–H groups in total. The molecule has 7 nitrogen and oxygen atoms in total. The first-order chi connectivity index (χ1) is 22.0. The number of ketones is 1. The summed E-state index contributed by atoms with van der Waals surface area (Å²) in [6, 6.07) is 11.4. The fraction of sp³-hybridized carbons (Fsp3) is 0.344. The number of Topliss-reactive ketones (excluding diaryl/α,β-unsaturated/α-hetero) is 1. The smallest absolute Gasteiger partial charge is 0.350 e. The molecule has 0 radical (unpaired) electrons. The first-order valence-corrected chi connectivity index (χ1v) is 15.1. The van der Waals surface area contributed by atoms with Crippen molar-refractivity contribution in [2.24, 2.45) is 0 Å². The van der Waals surface area contributed by atoms with Crippen LogP contribution in [0.4, 0.5) is 26.3 Å². The minimum absolute atomic E-state index is 0.00448. The van der Waals surface area contributed by atoms with E-state index in [4.69, 9.17) is 23.2 Å². The summed E-state index contributed by atoms with van der Waals surface area (Å²) < 4.78 is 79.9. The largest absolute Gasteiger partial charge is 0.416 e. The lowest BCUT2D eigenvalue weighted by Gasteiger charge is -2.34. The first-order valence-electron chi connectivity index (χ1n) is 14.4. The molecule has 3 aromatic carbocycles. The van der Waals surface area contributed by atoms with Crippen LogP contribution in [-0.2, 0) is 23.7 Å². The molecule has 15 heteroatoms. The van der Waals surface area contributed by atoms with E-state index in [0.29, 0.717) is 56.0 Å². The predicted molar refractivity (Wildman–Crippen MR) is 164 cm³/mol. The molecule has 4 rings (SSSR count). The Morgan fingerprint density at radius 2 is 1.34 bits per heavy atom. The van der Waals surface area contributed by atoms with Gasteiger partial charge in [-0.15, -0.1) is 0 Å². The number of piperazine rings is 1. The Morgan fingerprint density at radius 1 is 0.766 bits per heavy atom. The van der Waals surface area contributed by atoms with Gasteiger partial charge in [-0.05, 0) is 48.4 Å². The third-order valence-electron chi connectivity index (χ3n) is 7.60. The number of carbonyl (C=O) groups excluding carboxylic acids is 3. The van der Waals surface area contributed by atoms with E-state index in [0.717, 1.165) is 5.56 Å². The SMILES string of the molecule is CC(=O)c1ccc(CN2CCN(CC(=O)NC(CNC(=O)c3cc(C(F)(F)F)cc(C(F)(F)F)c3)c3ccc(Cl)c(Cl)c3)CC2)cc1. The van der Waals surface area contributed by atoms with Crippen molar-refractivity contribution in [1.29, 1.82) is 0 Å². The zero-order chi connectivity index (χ0) is 34.5. The normalized spacial score (nSPS) is 15.3. The highest BCUT2D eigenvalue weighted by Gasteiger charge is 2.37. The van der Waals surface area contributed by atoms with Crippen LogP contribution in [0.15, 0.2) is 60.7 Å². The van der Waals surface area contributed by atoms with Gasteiger partial charge in [-0.25, -0.2) is 0 Å². The molecule has 47 heavy (non-hydrogen) atoms. The molecule has 0 aliphatic carbocycles. The lowest BCUT2D eigenvalue weighted by molar-refractivity contribution is -0.143. The Labute approximate surface area is 276 Å². The van der Waals surface area contributed by atoms with Crippen molar-refractivity contribution < 1.29 is 40.7 Å². The topological polar surface area (TPSA) is 81.8 Å². The van der Waals surface area contributed by atoms with E-state index in [1.54, 1.807) is 12.1 Å². The second-order valence-corrected chi connectivity index (χ2v) is 11.9. The summed E-state index contributed by atoms with van der Waals surface area (Å²) in [6.45, 7) is 4.29. The number of carbonyl (C=O) groups is 3. The van der Waals surface area contributed by atoms with Gasteiger partial charge in [0.2, 0.25) is 5.91 Å². The van der Waals surface area contributed by atoms with Crippen LogP contribution in [0.5, 0.6) is 0 Å². The lowest BCUT2D eigenvalue weighted by Crippen LogP contribution is -2.50. The molecule has 1 atom stereocenters. The summed E-state index contributed by atoms with van der Waals surface area (Å²) in [5, 5.41) is 5.45. The van der Waals surface area contributed by atoms with Gasteiger partial charge in [0.25, 0.3) is 5.91 Å². The average molecular weight is 704 g/mol. The van der Waals surface area contributed by atoms with Gasteiger partial charge in [-0.3, -0.25) is 24.2 Å². The van der Waals surface area contributed by atoms with Crippen molar-refractivity contribution in [3.8, 4) is 0 Å². The zero-order valence-electron chi connectivity index (χ0n) is 24.9. The molecular formula is C32H30Cl2F6N4O3. The number of rotatable bonds is 10. The number of halogens is 8. The van der Waals surface area contributed by atoms with Gasteiger partial charge in [0.05, 0.1) is 33.8 Å². The van der Waals surface area contributed by atoms with E-state index in [2.05, 4.69) is 15.5 Å². The molecule has 3 aromatic rings. The van der Waals surface area contributed by atoms with Crippen LogP contribution in [0, 0.1) is 0 Å². The van der Waals surface area contributed by atoms with Crippen LogP contribution in [0.2, 0.25) is 10.0 Å². The van der Waals surface area contributed by atoms with Crippen molar-refractivity contribution in [1.82, 2.24) is 20.4 Å². The van der Waals surface area contributed by atoms with Crippen LogP contribution >= 0.6 is 23.2 Å². The van der Waals surface area contributed by atoms with Crippen LogP contribution in [0.3, 0.4) is 0 Å². The molecule has 0 bridgehead atoms. The van der Waals surface area contributed by atoms with Crippen LogP contribution in [0.1, 0.15) is 55.9 Å². The highest BCUT2D eigenvalue weighted by molar-refractivity contribution is 6.42. The number of hydrogen-bond donors (Lipinski definition) is 2. The molecule has 1 saturated heterocycles. The molecule has 1 heterocycles. The maximum absolute atomic E-state index is 13.3. The number of amides is 2. The van der Waals surface area contributed by atoms with E-state index >= 15 is 0 Å². The van der Waals surface area contributed by atoms with Gasteiger partial charge >= 0.3 is 12.4 Å². The van der Waals surface area contributed by atoms with Crippen molar-refractivity contribution >= 4 is 40.8 Å². The zero-order valence-corrected chi connectivity index (χ0v) is 26.5. The first kappa shape index (κ1) is 36.2. The second-order valence-electron chi connectivity index (χ2n) is 11.1. The molecule has 1 aliphatic heterocycles. The van der Waals surface area contributed by atoms with Crippen molar-refractivity contribution in [3.05, 3.63) is 104 Å². The average Bonchev–Trinajstić information content (AvgIpc) is 3.00. The summed E-state index contributed by atoms with van der Waals surface area (Å²) in [4.78, 5) is 41.6. The van der Waals surface area contributed by atoms with Gasteiger partial charge in [0.15, 0.2) is 5.78 Å². The molecule has 1 aliphatic rings. The maximum Gasteiger partial charge on any atom is 0.416 e. The summed E-state index contributed by atoms with van der Waals surface area (Å²) >= 11 is 12.2. The molecule has 0 saturated carbocycles. The Bertz CT molecular complexity index is 1580. The third-order valence-corrected chi connectivity index (χ3v) is 8.34. The summed E-state index contributed by atoms with van der Waals surface area (Å²) in [6.07, 6.45) is -10.2. The summed E-state index contributed by atoms with van der Waals surface area (Å²) in [5.74, 6) is -1.64. The molecule has 1 unspecified atom stereocenters. The molecule has 0 spiro atoms. The molecule has 252 valence electrons. The van der Waals surface area contributed by atoms with Crippen LogP contribution < -0.4 is 10.6 Å². The molecular weight excluding hydrogens is 673 g/mol. The van der Waals surface area contributed by atoms with Crippen LogP contribution in [0.25, 0.3) is 0 Å². The fourth-order valence-corrected chi connectivity index (χ4v) is 5.32. The van der Waals surface area contributed by atoms with Crippen LogP contribution in [-0.4, -0.2) is 66.7 Å². The maximum atomic E-state index is 13.3. The Morgan fingerprint density at radius 3 is 1.87 bits per heavy atom.